The molecule has 1 aromatic carbocycles. The number of carbonyl (C=O) groups is 1. The molecule has 0 fully saturated rings. The third-order valence-electron chi connectivity index (χ3n) is 2.59. The number of thioether (sulfide) groups is 1. The maximum atomic E-state index is 12.0. The third-order valence-corrected chi connectivity index (χ3v) is 3.33. The van der Waals surface area contributed by atoms with Gasteiger partial charge in [0.2, 0.25) is 0 Å². The number of aryl methyl sites for hydroxylation is 1. The van der Waals surface area contributed by atoms with Gasteiger partial charge in [-0.15, -0.1) is 0 Å². The molecule has 94 valence electrons. The van der Waals surface area contributed by atoms with Crippen LogP contribution in [0.2, 0.25) is 0 Å². The number of carbonyl (C=O) groups excluding carboxylic acids is 1. The van der Waals surface area contributed by atoms with Crippen molar-refractivity contribution in [2.75, 3.05) is 12.0 Å². The summed E-state index contributed by atoms with van der Waals surface area (Å²) in [5.74, 6) is 0.716. The first kappa shape index (κ1) is 13.9. The van der Waals surface area contributed by atoms with Crippen LogP contribution < -0.4 is 5.32 Å². The Hall–Kier alpha value is -1.16. The molecule has 4 heteroatoms. The van der Waals surface area contributed by atoms with Crippen LogP contribution in [0.5, 0.6) is 5.75 Å². The van der Waals surface area contributed by atoms with Crippen molar-refractivity contribution in [1.82, 2.24) is 5.32 Å². The molecule has 0 bridgehead atoms. The molecule has 1 rings (SSSR count). The van der Waals surface area contributed by atoms with Crippen molar-refractivity contribution in [3.63, 3.8) is 0 Å². The summed E-state index contributed by atoms with van der Waals surface area (Å²) in [6.07, 6.45) is 2.90. The van der Waals surface area contributed by atoms with Crippen LogP contribution in [0, 0.1) is 6.92 Å². The van der Waals surface area contributed by atoms with Crippen LogP contribution in [-0.2, 0) is 0 Å². The maximum Gasteiger partial charge on any atom is 0.255 e. The molecule has 0 radical (unpaired) electrons. The quantitative estimate of drug-likeness (QED) is 0.848. The number of aromatic hydroxyl groups is 1. The van der Waals surface area contributed by atoms with Crippen LogP contribution in [-0.4, -0.2) is 29.1 Å². The average Bonchev–Trinajstić information content (AvgIpc) is 2.31. The van der Waals surface area contributed by atoms with Gasteiger partial charge in [-0.3, -0.25) is 4.79 Å². The molecule has 2 N–H and O–H groups in total. The SMILES string of the molecule is CCC(CSC)NC(=O)c1cc(C)ccc1O. The van der Waals surface area contributed by atoms with E-state index in [1.54, 1.807) is 30.0 Å². The van der Waals surface area contributed by atoms with Gasteiger partial charge in [0.25, 0.3) is 5.91 Å². The number of phenols is 1. The second-order valence-electron chi connectivity index (χ2n) is 4.05. The maximum absolute atomic E-state index is 12.0. The summed E-state index contributed by atoms with van der Waals surface area (Å²) < 4.78 is 0. The molecule has 0 aliphatic heterocycles. The molecule has 0 saturated heterocycles. The summed E-state index contributed by atoms with van der Waals surface area (Å²) in [4.78, 5) is 12.0. The topological polar surface area (TPSA) is 49.3 Å². The van der Waals surface area contributed by atoms with E-state index in [0.717, 1.165) is 17.7 Å². The minimum absolute atomic E-state index is 0.0344. The number of rotatable bonds is 5. The van der Waals surface area contributed by atoms with Gasteiger partial charge in [0.15, 0.2) is 0 Å². The minimum Gasteiger partial charge on any atom is -0.507 e. The van der Waals surface area contributed by atoms with Crippen LogP contribution in [0.3, 0.4) is 0 Å². The lowest BCUT2D eigenvalue weighted by Gasteiger charge is -2.16. The number of amides is 1. The van der Waals surface area contributed by atoms with Gasteiger partial charge in [-0.05, 0) is 31.7 Å². The van der Waals surface area contributed by atoms with Gasteiger partial charge in [-0.1, -0.05) is 18.6 Å². The van der Waals surface area contributed by atoms with E-state index in [1.807, 2.05) is 20.1 Å². The molecule has 0 aromatic heterocycles. The fourth-order valence-electron chi connectivity index (χ4n) is 1.56. The van der Waals surface area contributed by atoms with Crippen molar-refractivity contribution >= 4 is 17.7 Å². The molecule has 3 nitrogen and oxygen atoms in total. The van der Waals surface area contributed by atoms with Crippen LogP contribution in [0.4, 0.5) is 0 Å². The molecule has 0 aliphatic rings. The molecule has 0 heterocycles. The van der Waals surface area contributed by atoms with E-state index in [1.165, 1.54) is 0 Å². The monoisotopic (exact) mass is 253 g/mol. The van der Waals surface area contributed by atoms with Crippen LogP contribution >= 0.6 is 11.8 Å². The van der Waals surface area contributed by atoms with Crippen LogP contribution in [0.15, 0.2) is 18.2 Å². The number of hydrogen-bond acceptors (Lipinski definition) is 3. The van der Waals surface area contributed by atoms with Crippen molar-refractivity contribution < 1.29 is 9.90 Å². The molecule has 1 aromatic rings. The van der Waals surface area contributed by atoms with E-state index in [4.69, 9.17) is 0 Å². The van der Waals surface area contributed by atoms with E-state index < -0.39 is 0 Å². The van der Waals surface area contributed by atoms with Crippen molar-refractivity contribution in [1.29, 1.82) is 0 Å². The van der Waals surface area contributed by atoms with E-state index in [-0.39, 0.29) is 17.7 Å². The van der Waals surface area contributed by atoms with Gasteiger partial charge in [-0.25, -0.2) is 0 Å². The Balaban J connectivity index is 2.78. The highest BCUT2D eigenvalue weighted by atomic mass is 32.2. The normalized spacial score (nSPS) is 12.2. The van der Waals surface area contributed by atoms with E-state index in [0.29, 0.717) is 5.56 Å². The van der Waals surface area contributed by atoms with Crippen molar-refractivity contribution in [3.8, 4) is 5.75 Å². The molecule has 1 amide bonds. The molecule has 0 spiro atoms. The van der Waals surface area contributed by atoms with E-state index in [9.17, 15) is 9.90 Å². The number of hydrogen-bond donors (Lipinski definition) is 2. The summed E-state index contributed by atoms with van der Waals surface area (Å²) in [6, 6.07) is 5.19. The van der Waals surface area contributed by atoms with Gasteiger partial charge in [0.1, 0.15) is 5.75 Å². The molecular formula is C13H19NO2S. The Morgan fingerprint density at radius 2 is 2.24 bits per heavy atom. The summed E-state index contributed by atoms with van der Waals surface area (Å²) in [5.41, 5.74) is 1.32. The zero-order valence-electron chi connectivity index (χ0n) is 10.5. The molecule has 0 saturated carbocycles. The molecule has 0 aliphatic carbocycles. The Bertz CT molecular complexity index is 393. The highest BCUT2D eigenvalue weighted by Gasteiger charge is 2.14. The summed E-state index contributed by atoms with van der Waals surface area (Å²) in [5, 5.41) is 12.6. The van der Waals surface area contributed by atoms with Crippen LogP contribution in [0.1, 0.15) is 29.3 Å². The average molecular weight is 253 g/mol. The lowest BCUT2D eigenvalue weighted by atomic mass is 10.1. The fraction of sp³-hybridized carbons (Fsp3) is 0.462. The lowest BCUT2D eigenvalue weighted by Crippen LogP contribution is -2.36. The van der Waals surface area contributed by atoms with Gasteiger partial charge < -0.3 is 10.4 Å². The van der Waals surface area contributed by atoms with Gasteiger partial charge in [0, 0.05) is 11.8 Å². The first-order valence-corrected chi connectivity index (χ1v) is 7.07. The first-order valence-electron chi connectivity index (χ1n) is 5.67. The minimum atomic E-state index is -0.202. The summed E-state index contributed by atoms with van der Waals surface area (Å²) in [7, 11) is 0. The standard InChI is InChI=1S/C13H19NO2S/c1-4-10(8-17-3)14-13(16)11-7-9(2)5-6-12(11)15/h5-7,10,15H,4,8H2,1-3H3,(H,14,16). The van der Waals surface area contributed by atoms with Gasteiger partial charge in [0.05, 0.1) is 5.56 Å². The Morgan fingerprint density at radius 1 is 1.53 bits per heavy atom. The third kappa shape index (κ3) is 3.97. The second kappa shape index (κ2) is 6.55. The highest BCUT2D eigenvalue weighted by molar-refractivity contribution is 7.98. The Kier molecular flexibility index (Phi) is 5.35. The van der Waals surface area contributed by atoms with Crippen LogP contribution in [0.25, 0.3) is 0 Å². The first-order chi connectivity index (χ1) is 8.08. The second-order valence-corrected chi connectivity index (χ2v) is 4.97. The fourth-order valence-corrected chi connectivity index (χ4v) is 2.28. The van der Waals surface area contributed by atoms with E-state index in [2.05, 4.69) is 5.32 Å². The predicted octanol–water partition coefficient (Wildman–Crippen LogP) is 2.57. The van der Waals surface area contributed by atoms with Gasteiger partial charge in [-0.2, -0.15) is 11.8 Å². The zero-order chi connectivity index (χ0) is 12.8. The molecule has 1 atom stereocenters. The van der Waals surface area contributed by atoms with Crippen molar-refractivity contribution in [2.45, 2.75) is 26.3 Å². The summed E-state index contributed by atoms with van der Waals surface area (Å²) in [6.45, 7) is 3.94. The van der Waals surface area contributed by atoms with Crippen molar-refractivity contribution in [2.24, 2.45) is 0 Å². The number of phenolic OH excluding ortho intramolecular Hbond substituents is 1. The van der Waals surface area contributed by atoms with E-state index >= 15 is 0 Å². The predicted molar refractivity (Wildman–Crippen MR) is 72.8 cm³/mol. The van der Waals surface area contributed by atoms with Gasteiger partial charge >= 0.3 is 0 Å². The summed E-state index contributed by atoms with van der Waals surface area (Å²) >= 11 is 1.70. The molecular weight excluding hydrogens is 234 g/mol. The Morgan fingerprint density at radius 3 is 2.82 bits per heavy atom. The number of nitrogens with one attached hydrogen (secondary N) is 1. The molecule has 17 heavy (non-hydrogen) atoms. The van der Waals surface area contributed by atoms with Crippen molar-refractivity contribution in [3.05, 3.63) is 29.3 Å². The smallest absolute Gasteiger partial charge is 0.255 e. The Labute approximate surface area is 107 Å². The number of benzene rings is 1. The lowest BCUT2D eigenvalue weighted by molar-refractivity contribution is 0.0937. The zero-order valence-corrected chi connectivity index (χ0v) is 11.3. The molecule has 1 unspecified atom stereocenters. The largest absolute Gasteiger partial charge is 0.507 e. The highest BCUT2D eigenvalue weighted by Crippen LogP contribution is 2.18.